The van der Waals surface area contributed by atoms with Crippen LogP contribution in [0.4, 0.5) is 11.5 Å². The predicted molar refractivity (Wildman–Crippen MR) is 127 cm³/mol. The van der Waals surface area contributed by atoms with Crippen molar-refractivity contribution in [2.24, 2.45) is 0 Å². The van der Waals surface area contributed by atoms with Gasteiger partial charge in [0.2, 0.25) is 0 Å². The number of fused-ring (bicyclic) bond motifs is 1. The molecule has 8 nitrogen and oxygen atoms in total. The molecule has 0 spiro atoms. The standard InChI is InChI=1S/C25H28N6O2/c1-30-7-5-17-2-3-18(12-20(17)16-30)21-15-28-25(26)24(29-21)23(32)13-19-14-27-6-4-22(19)31-8-10-33-11-9-31/h2-4,6,12,14-15H,5,7-11,13,16H2,1H3,(H2,26,28). The summed E-state index contributed by atoms with van der Waals surface area (Å²) in [6, 6.07) is 8.30. The van der Waals surface area contributed by atoms with Crippen LogP contribution in [0.1, 0.15) is 27.2 Å². The average Bonchev–Trinajstić information content (AvgIpc) is 2.84. The van der Waals surface area contributed by atoms with E-state index in [0.717, 1.165) is 49.4 Å². The second kappa shape index (κ2) is 9.25. The van der Waals surface area contributed by atoms with Crippen LogP contribution in [0.2, 0.25) is 0 Å². The van der Waals surface area contributed by atoms with E-state index in [4.69, 9.17) is 10.5 Å². The molecule has 33 heavy (non-hydrogen) atoms. The van der Waals surface area contributed by atoms with Crippen molar-refractivity contribution in [1.29, 1.82) is 0 Å². The van der Waals surface area contributed by atoms with Gasteiger partial charge in [-0.05, 0) is 36.7 Å². The highest BCUT2D eigenvalue weighted by Gasteiger charge is 2.21. The van der Waals surface area contributed by atoms with Crippen LogP contribution in [0, 0.1) is 0 Å². The van der Waals surface area contributed by atoms with Crippen molar-refractivity contribution in [3.8, 4) is 11.3 Å². The van der Waals surface area contributed by atoms with Crippen LogP contribution < -0.4 is 10.6 Å². The van der Waals surface area contributed by atoms with Gasteiger partial charge in [-0.3, -0.25) is 9.78 Å². The number of nitrogens with zero attached hydrogens (tertiary/aromatic N) is 5. The zero-order valence-electron chi connectivity index (χ0n) is 18.8. The summed E-state index contributed by atoms with van der Waals surface area (Å²) in [4.78, 5) is 31.0. The van der Waals surface area contributed by atoms with E-state index in [0.29, 0.717) is 18.9 Å². The van der Waals surface area contributed by atoms with Crippen molar-refractivity contribution in [1.82, 2.24) is 19.9 Å². The first-order chi connectivity index (χ1) is 16.1. The molecule has 5 rings (SSSR count). The minimum atomic E-state index is -0.165. The van der Waals surface area contributed by atoms with E-state index >= 15 is 0 Å². The summed E-state index contributed by atoms with van der Waals surface area (Å²) < 4.78 is 5.46. The topological polar surface area (TPSA) is 97.5 Å². The fraction of sp³-hybridized carbons (Fsp3) is 0.360. The molecule has 1 aromatic carbocycles. The van der Waals surface area contributed by atoms with E-state index in [2.05, 4.69) is 50.0 Å². The Hall–Kier alpha value is -3.36. The number of ketones is 1. The van der Waals surface area contributed by atoms with Crippen LogP contribution in [0.25, 0.3) is 11.3 Å². The third kappa shape index (κ3) is 4.58. The number of anilines is 2. The van der Waals surface area contributed by atoms with Gasteiger partial charge in [-0.2, -0.15) is 0 Å². The van der Waals surface area contributed by atoms with Gasteiger partial charge in [0, 0.05) is 61.8 Å². The lowest BCUT2D eigenvalue weighted by atomic mass is 9.96. The summed E-state index contributed by atoms with van der Waals surface area (Å²) in [5.41, 5.74) is 12.4. The minimum Gasteiger partial charge on any atom is -0.382 e. The number of likely N-dealkylation sites (N-methyl/N-ethyl adjacent to an activating group) is 1. The van der Waals surface area contributed by atoms with Gasteiger partial charge in [-0.15, -0.1) is 0 Å². The molecule has 2 N–H and O–H groups in total. The number of morpholine rings is 1. The highest BCUT2D eigenvalue weighted by molar-refractivity contribution is 6.00. The highest BCUT2D eigenvalue weighted by atomic mass is 16.5. The number of rotatable bonds is 5. The summed E-state index contributed by atoms with van der Waals surface area (Å²) in [5.74, 6) is -0.0136. The Labute approximate surface area is 193 Å². The molecule has 0 saturated carbocycles. The Balaban J connectivity index is 1.41. The molecule has 0 unspecified atom stereocenters. The number of nitrogen functional groups attached to an aromatic ring is 1. The number of carbonyl (C=O) groups is 1. The zero-order valence-corrected chi connectivity index (χ0v) is 18.8. The van der Waals surface area contributed by atoms with Gasteiger partial charge >= 0.3 is 0 Å². The molecule has 8 heteroatoms. The molecule has 0 bridgehead atoms. The minimum absolute atomic E-state index is 0.151. The first kappa shape index (κ1) is 21.5. The number of hydrogen-bond acceptors (Lipinski definition) is 8. The lowest BCUT2D eigenvalue weighted by Gasteiger charge is -2.30. The Morgan fingerprint density at radius 2 is 1.97 bits per heavy atom. The summed E-state index contributed by atoms with van der Waals surface area (Å²) in [7, 11) is 2.12. The summed E-state index contributed by atoms with van der Waals surface area (Å²) in [5, 5.41) is 0. The highest BCUT2D eigenvalue weighted by Crippen LogP contribution is 2.27. The van der Waals surface area contributed by atoms with Crippen molar-refractivity contribution < 1.29 is 9.53 Å². The van der Waals surface area contributed by atoms with Crippen LogP contribution in [0.15, 0.2) is 42.9 Å². The first-order valence-electron chi connectivity index (χ1n) is 11.3. The SMILES string of the molecule is CN1CCc2ccc(-c3cnc(N)c(C(=O)Cc4cnccc4N4CCOCC4)n3)cc2C1. The van der Waals surface area contributed by atoms with E-state index in [1.807, 2.05) is 6.07 Å². The molecule has 3 aromatic rings. The predicted octanol–water partition coefficient (Wildman–Crippen LogP) is 2.37. The molecule has 2 aliphatic rings. The first-order valence-corrected chi connectivity index (χ1v) is 11.3. The molecule has 2 aliphatic heterocycles. The molecule has 2 aromatic heterocycles. The van der Waals surface area contributed by atoms with Crippen molar-refractivity contribution in [3.05, 3.63) is 65.2 Å². The number of aromatic nitrogens is 3. The van der Waals surface area contributed by atoms with E-state index < -0.39 is 0 Å². The van der Waals surface area contributed by atoms with Crippen LogP contribution in [-0.2, 0) is 24.1 Å². The van der Waals surface area contributed by atoms with Gasteiger partial charge in [0.15, 0.2) is 11.6 Å². The zero-order chi connectivity index (χ0) is 22.8. The van der Waals surface area contributed by atoms with Crippen molar-refractivity contribution in [2.45, 2.75) is 19.4 Å². The molecule has 0 amide bonds. The van der Waals surface area contributed by atoms with Gasteiger partial charge < -0.3 is 20.3 Å². The molecule has 4 heterocycles. The maximum absolute atomic E-state index is 13.3. The third-order valence-corrected chi connectivity index (χ3v) is 6.35. The lowest BCUT2D eigenvalue weighted by molar-refractivity contribution is 0.0988. The number of ether oxygens (including phenoxy) is 1. The fourth-order valence-electron chi connectivity index (χ4n) is 4.53. The summed E-state index contributed by atoms with van der Waals surface area (Å²) in [6.07, 6.45) is 6.35. The number of benzene rings is 1. The Morgan fingerprint density at radius 3 is 2.82 bits per heavy atom. The van der Waals surface area contributed by atoms with Crippen LogP contribution in [0.5, 0.6) is 0 Å². The van der Waals surface area contributed by atoms with Crippen LogP contribution >= 0.6 is 0 Å². The molecule has 1 saturated heterocycles. The second-order valence-electron chi connectivity index (χ2n) is 8.66. The van der Waals surface area contributed by atoms with Gasteiger partial charge in [0.25, 0.3) is 0 Å². The maximum Gasteiger partial charge on any atom is 0.189 e. The molecule has 1 fully saturated rings. The monoisotopic (exact) mass is 444 g/mol. The van der Waals surface area contributed by atoms with E-state index in [1.165, 1.54) is 11.1 Å². The smallest absolute Gasteiger partial charge is 0.189 e. The lowest BCUT2D eigenvalue weighted by Crippen LogP contribution is -2.37. The van der Waals surface area contributed by atoms with Crippen molar-refractivity contribution in [2.75, 3.05) is 50.5 Å². The quantitative estimate of drug-likeness (QED) is 0.599. The summed E-state index contributed by atoms with van der Waals surface area (Å²) >= 11 is 0. The van der Waals surface area contributed by atoms with Gasteiger partial charge in [-0.1, -0.05) is 12.1 Å². The van der Waals surface area contributed by atoms with Gasteiger partial charge in [0.05, 0.1) is 25.1 Å². The second-order valence-corrected chi connectivity index (χ2v) is 8.66. The number of nitrogens with two attached hydrogens (primary N) is 1. The summed E-state index contributed by atoms with van der Waals surface area (Å²) in [6.45, 7) is 4.89. The number of pyridine rings is 1. The van der Waals surface area contributed by atoms with E-state index in [1.54, 1.807) is 18.6 Å². The van der Waals surface area contributed by atoms with Gasteiger partial charge in [0.1, 0.15) is 5.69 Å². The van der Waals surface area contributed by atoms with Crippen LogP contribution in [0.3, 0.4) is 0 Å². The van der Waals surface area contributed by atoms with Crippen LogP contribution in [-0.4, -0.2) is 65.5 Å². The Bertz CT molecular complexity index is 1180. The van der Waals surface area contributed by atoms with E-state index in [-0.39, 0.29) is 23.7 Å². The van der Waals surface area contributed by atoms with E-state index in [9.17, 15) is 4.79 Å². The Morgan fingerprint density at radius 1 is 1.12 bits per heavy atom. The molecule has 0 atom stereocenters. The normalized spacial score (nSPS) is 16.5. The molecule has 0 radical (unpaired) electrons. The number of carbonyl (C=O) groups excluding carboxylic acids is 1. The average molecular weight is 445 g/mol. The fourth-order valence-corrected chi connectivity index (χ4v) is 4.53. The molecule has 170 valence electrons. The Kier molecular flexibility index (Phi) is 6.02. The molecule has 0 aliphatic carbocycles. The van der Waals surface area contributed by atoms with Gasteiger partial charge in [-0.25, -0.2) is 9.97 Å². The van der Waals surface area contributed by atoms with Crippen molar-refractivity contribution in [3.63, 3.8) is 0 Å². The third-order valence-electron chi connectivity index (χ3n) is 6.35. The number of Topliss-reactive ketones (excluding diaryl/α,β-unsaturated/α-hetero) is 1. The number of hydrogen-bond donors (Lipinski definition) is 1. The largest absolute Gasteiger partial charge is 0.382 e. The maximum atomic E-state index is 13.3. The molecular weight excluding hydrogens is 416 g/mol. The van der Waals surface area contributed by atoms with Crippen molar-refractivity contribution >= 4 is 17.3 Å². The molecular formula is C25H28N6O2.